The fourth-order valence-corrected chi connectivity index (χ4v) is 3.55. The van der Waals surface area contributed by atoms with Crippen LogP contribution in [0.1, 0.15) is 48.0 Å². The molecule has 0 radical (unpaired) electrons. The van der Waals surface area contributed by atoms with Crippen molar-refractivity contribution in [2.45, 2.75) is 45.1 Å². The quantitative estimate of drug-likeness (QED) is 0.711. The van der Waals surface area contributed by atoms with E-state index in [1.165, 1.54) is 19.3 Å². The number of carbonyl (C=O) groups is 1. The zero-order valence-electron chi connectivity index (χ0n) is 15.6. The van der Waals surface area contributed by atoms with Gasteiger partial charge in [-0.25, -0.2) is 4.68 Å². The van der Waals surface area contributed by atoms with E-state index in [1.54, 1.807) is 21.6 Å². The molecule has 0 spiro atoms. The third-order valence-corrected chi connectivity index (χ3v) is 5.05. The molecule has 0 atom stereocenters. The SMILES string of the molecule is Cc1ccn(C(=O)c2cnn(-c3ccccc3)c2)c(=NC2CCCCC2)c1. The maximum Gasteiger partial charge on any atom is 0.266 e. The van der Waals surface area contributed by atoms with Gasteiger partial charge in [0.15, 0.2) is 0 Å². The van der Waals surface area contributed by atoms with Crippen molar-refractivity contribution in [2.75, 3.05) is 0 Å². The van der Waals surface area contributed by atoms with Crippen molar-refractivity contribution in [3.8, 4) is 5.69 Å². The third-order valence-electron chi connectivity index (χ3n) is 5.05. The zero-order valence-corrected chi connectivity index (χ0v) is 15.6. The van der Waals surface area contributed by atoms with Gasteiger partial charge >= 0.3 is 0 Å². The number of aryl methyl sites for hydroxylation is 1. The molecule has 2 heterocycles. The van der Waals surface area contributed by atoms with Gasteiger partial charge in [-0.2, -0.15) is 5.10 Å². The molecule has 2 aromatic heterocycles. The fraction of sp³-hybridized carbons (Fsp3) is 0.318. The van der Waals surface area contributed by atoms with Crippen LogP contribution >= 0.6 is 0 Å². The monoisotopic (exact) mass is 360 g/mol. The van der Waals surface area contributed by atoms with Gasteiger partial charge in [0.05, 0.1) is 23.5 Å². The normalized spacial score (nSPS) is 15.8. The van der Waals surface area contributed by atoms with Gasteiger partial charge in [0.2, 0.25) is 0 Å². The second-order valence-corrected chi connectivity index (χ2v) is 7.17. The molecule has 0 aliphatic heterocycles. The predicted octanol–water partition coefficient (Wildman–Crippen LogP) is 3.90. The molecular formula is C22H24N4O. The first-order chi connectivity index (χ1) is 13.2. The van der Waals surface area contributed by atoms with Crippen molar-refractivity contribution in [1.82, 2.24) is 14.3 Å². The highest BCUT2D eigenvalue weighted by Gasteiger charge is 2.15. The molecule has 1 aliphatic rings. The number of aromatic nitrogens is 3. The molecule has 1 fully saturated rings. The number of hydrogen-bond donors (Lipinski definition) is 0. The van der Waals surface area contributed by atoms with Crippen LogP contribution in [-0.4, -0.2) is 26.3 Å². The van der Waals surface area contributed by atoms with Crippen LogP contribution in [0.3, 0.4) is 0 Å². The van der Waals surface area contributed by atoms with Crippen molar-refractivity contribution in [2.24, 2.45) is 4.99 Å². The van der Waals surface area contributed by atoms with Gasteiger partial charge in [-0.3, -0.25) is 14.4 Å². The first kappa shape index (κ1) is 17.5. The third kappa shape index (κ3) is 3.92. The van der Waals surface area contributed by atoms with Crippen LogP contribution < -0.4 is 5.49 Å². The lowest BCUT2D eigenvalue weighted by atomic mass is 9.96. The smallest absolute Gasteiger partial charge is 0.266 e. The summed E-state index contributed by atoms with van der Waals surface area (Å²) in [5, 5.41) is 4.35. The lowest BCUT2D eigenvalue weighted by Crippen LogP contribution is -2.29. The van der Waals surface area contributed by atoms with Crippen molar-refractivity contribution in [3.05, 3.63) is 77.7 Å². The maximum absolute atomic E-state index is 13.1. The van der Waals surface area contributed by atoms with Gasteiger partial charge in [0.25, 0.3) is 5.91 Å². The largest absolute Gasteiger partial charge is 0.268 e. The number of pyridine rings is 1. The van der Waals surface area contributed by atoms with Crippen LogP contribution in [0, 0.1) is 6.92 Å². The second-order valence-electron chi connectivity index (χ2n) is 7.17. The molecule has 0 unspecified atom stereocenters. The molecule has 0 N–H and O–H groups in total. The Morgan fingerprint density at radius 1 is 1.11 bits per heavy atom. The van der Waals surface area contributed by atoms with Gasteiger partial charge in [0.1, 0.15) is 5.49 Å². The molecule has 5 nitrogen and oxygen atoms in total. The summed E-state index contributed by atoms with van der Waals surface area (Å²) >= 11 is 0. The Morgan fingerprint density at radius 3 is 2.67 bits per heavy atom. The Bertz CT molecular complexity index is 994. The van der Waals surface area contributed by atoms with Crippen molar-refractivity contribution in [1.29, 1.82) is 0 Å². The summed E-state index contributed by atoms with van der Waals surface area (Å²) < 4.78 is 3.37. The van der Waals surface area contributed by atoms with Crippen LogP contribution in [0.2, 0.25) is 0 Å². The maximum atomic E-state index is 13.1. The summed E-state index contributed by atoms with van der Waals surface area (Å²) in [6, 6.07) is 14.0. The van der Waals surface area contributed by atoms with E-state index in [1.807, 2.05) is 55.6 Å². The molecular weight excluding hydrogens is 336 g/mol. The van der Waals surface area contributed by atoms with Gasteiger partial charge in [0, 0.05) is 12.4 Å². The van der Waals surface area contributed by atoms with Crippen LogP contribution in [0.25, 0.3) is 5.69 Å². The van der Waals surface area contributed by atoms with Gasteiger partial charge in [-0.1, -0.05) is 37.5 Å². The minimum absolute atomic E-state index is 0.105. The molecule has 0 amide bonds. The van der Waals surface area contributed by atoms with Crippen LogP contribution in [0.4, 0.5) is 0 Å². The van der Waals surface area contributed by atoms with E-state index in [4.69, 9.17) is 4.99 Å². The highest BCUT2D eigenvalue weighted by Crippen LogP contribution is 2.19. The summed E-state index contributed by atoms with van der Waals surface area (Å²) in [6.07, 6.45) is 11.1. The number of rotatable bonds is 3. The van der Waals surface area contributed by atoms with Crippen LogP contribution in [0.15, 0.2) is 66.0 Å². The minimum Gasteiger partial charge on any atom is -0.268 e. The van der Waals surface area contributed by atoms with Crippen LogP contribution in [0.5, 0.6) is 0 Å². The number of nitrogens with zero attached hydrogens (tertiary/aromatic N) is 4. The Labute approximate surface area is 159 Å². The molecule has 1 aromatic carbocycles. The summed E-state index contributed by atoms with van der Waals surface area (Å²) in [6.45, 7) is 2.03. The minimum atomic E-state index is -0.105. The highest BCUT2D eigenvalue weighted by atomic mass is 16.2. The first-order valence-corrected chi connectivity index (χ1v) is 9.59. The number of carbonyl (C=O) groups excluding carboxylic acids is 1. The summed E-state index contributed by atoms with van der Waals surface area (Å²) in [5.74, 6) is -0.105. The molecule has 5 heteroatoms. The van der Waals surface area contributed by atoms with E-state index in [-0.39, 0.29) is 5.91 Å². The number of para-hydroxylation sites is 1. The summed E-state index contributed by atoms with van der Waals surface area (Å²) in [5.41, 5.74) is 3.32. The van der Waals surface area contributed by atoms with Gasteiger partial charge in [-0.05, 0) is 49.6 Å². The number of benzene rings is 1. The first-order valence-electron chi connectivity index (χ1n) is 9.59. The molecule has 1 aliphatic carbocycles. The molecule has 4 rings (SSSR count). The number of hydrogen-bond acceptors (Lipinski definition) is 3. The molecule has 0 bridgehead atoms. The van der Waals surface area contributed by atoms with Crippen molar-refractivity contribution >= 4 is 5.91 Å². The fourth-order valence-electron chi connectivity index (χ4n) is 3.55. The standard InChI is InChI=1S/C22H24N4O/c1-17-12-13-25(21(14-17)24-19-8-4-2-5-9-19)22(27)18-15-23-26(16-18)20-10-6-3-7-11-20/h3,6-7,10-16,19H,2,4-5,8-9H2,1H3. The van der Waals surface area contributed by atoms with E-state index >= 15 is 0 Å². The molecule has 138 valence electrons. The predicted molar refractivity (Wildman–Crippen MR) is 105 cm³/mol. The molecule has 1 saturated carbocycles. The van der Waals surface area contributed by atoms with E-state index in [0.717, 1.165) is 29.6 Å². The molecule has 0 saturated heterocycles. The van der Waals surface area contributed by atoms with Crippen LogP contribution in [-0.2, 0) is 0 Å². The average molecular weight is 360 g/mol. The Morgan fingerprint density at radius 2 is 1.89 bits per heavy atom. The topological polar surface area (TPSA) is 52.2 Å². The van der Waals surface area contributed by atoms with Crippen molar-refractivity contribution in [3.63, 3.8) is 0 Å². The van der Waals surface area contributed by atoms with Crippen molar-refractivity contribution < 1.29 is 4.79 Å². The van der Waals surface area contributed by atoms with E-state index in [0.29, 0.717) is 11.6 Å². The van der Waals surface area contributed by atoms with E-state index in [2.05, 4.69) is 5.10 Å². The summed E-state index contributed by atoms with van der Waals surface area (Å²) in [4.78, 5) is 18.0. The Hall–Kier alpha value is -2.95. The Balaban J connectivity index is 1.68. The molecule has 3 aromatic rings. The Kier molecular flexibility index (Phi) is 5.01. The van der Waals surface area contributed by atoms with E-state index in [9.17, 15) is 4.79 Å². The van der Waals surface area contributed by atoms with Gasteiger partial charge in [-0.15, -0.1) is 0 Å². The highest BCUT2D eigenvalue weighted by molar-refractivity contribution is 5.95. The molecule has 27 heavy (non-hydrogen) atoms. The van der Waals surface area contributed by atoms with Gasteiger partial charge < -0.3 is 0 Å². The second kappa shape index (κ2) is 7.74. The lowest BCUT2D eigenvalue weighted by Gasteiger charge is -2.18. The zero-order chi connectivity index (χ0) is 18.6. The lowest BCUT2D eigenvalue weighted by molar-refractivity contribution is 0.0954. The van der Waals surface area contributed by atoms with E-state index < -0.39 is 0 Å². The summed E-state index contributed by atoms with van der Waals surface area (Å²) in [7, 11) is 0. The average Bonchev–Trinajstić information content (AvgIpc) is 3.19.